The van der Waals surface area contributed by atoms with Gasteiger partial charge in [0.1, 0.15) is 29.1 Å². The summed E-state index contributed by atoms with van der Waals surface area (Å²) in [6, 6.07) is 4.94. The van der Waals surface area contributed by atoms with Crippen molar-refractivity contribution in [2.45, 2.75) is 32.4 Å². The fraction of sp³-hybridized carbons (Fsp3) is 0.417. The average Bonchev–Trinajstić information content (AvgIpc) is 2.87. The molecule has 0 spiro atoms. The molecule has 2 heterocycles. The predicted octanol–water partition coefficient (Wildman–Crippen LogP) is 1.49. The third kappa shape index (κ3) is 2.75. The quantitative estimate of drug-likeness (QED) is 0.840. The number of nitrogens with two attached hydrogens (primary N) is 1. The summed E-state index contributed by atoms with van der Waals surface area (Å²) in [4.78, 5) is 0. The maximum Gasteiger partial charge on any atom is 0.134 e. The summed E-state index contributed by atoms with van der Waals surface area (Å²) in [6.07, 6.45) is -0.390. The molecule has 0 saturated carbocycles. The zero-order chi connectivity index (χ0) is 12.4. The Morgan fingerprint density at radius 3 is 2.65 bits per heavy atom. The second kappa shape index (κ2) is 4.73. The van der Waals surface area contributed by atoms with Crippen LogP contribution in [-0.4, -0.2) is 16.3 Å². The zero-order valence-electron chi connectivity index (χ0n) is 9.88. The minimum atomic E-state index is -0.849. The van der Waals surface area contributed by atoms with Crippen molar-refractivity contribution < 1.29 is 14.0 Å². The highest BCUT2D eigenvalue weighted by Gasteiger charge is 2.21. The van der Waals surface area contributed by atoms with Crippen molar-refractivity contribution in [2.24, 2.45) is 5.73 Å². The van der Waals surface area contributed by atoms with Crippen LogP contribution in [0.15, 0.2) is 27.1 Å². The van der Waals surface area contributed by atoms with E-state index in [9.17, 15) is 5.11 Å². The van der Waals surface area contributed by atoms with Gasteiger partial charge in [0, 0.05) is 18.5 Å². The van der Waals surface area contributed by atoms with Gasteiger partial charge in [-0.05, 0) is 26.0 Å². The lowest BCUT2D eigenvalue weighted by atomic mass is 10.0. The van der Waals surface area contributed by atoms with E-state index in [0.29, 0.717) is 17.9 Å². The van der Waals surface area contributed by atoms with Crippen LogP contribution in [0.25, 0.3) is 0 Å². The molecule has 0 radical (unpaired) electrons. The Morgan fingerprint density at radius 1 is 1.35 bits per heavy atom. The van der Waals surface area contributed by atoms with Crippen LogP contribution in [0.2, 0.25) is 0 Å². The normalized spacial score (nSPS) is 14.8. The van der Waals surface area contributed by atoms with Crippen LogP contribution in [0.3, 0.4) is 0 Å². The van der Waals surface area contributed by atoms with E-state index < -0.39 is 12.1 Å². The van der Waals surface area contributed by atoms with Crippen LogP contribution in [-0.2, 0) is 6.42 Å². The average molecular weight is 236 g/mol. The lowest BCUT2D eigenvalue weighted by Crippen LogP contribution is -2.30. The fourth-order valence-electron chi connectivity index (χ4n) is 1.68. The van der Waals surface area contributed by atoms with Crippen LogP contribution in [0.1, 0.15) is 29.1 Å². The molecule has 5 nitrogen and oxygen atoms in total. The van der Waals surface area contributed by atoms with E-state index in [1.807, 2.05) is 19.1 Å². The Labute approximate surface area is 99.2 Å². The Morgan fingerprint density at radius 2 is 2.12 bits per heavy atom. The molecule has 5 heteroatoms. The monoisotopic (exact) mass is 236 g/mol. The van der Waals surface area contributed by atoms with Crippen LogP contribution >= 0.6 is 0 Å². The Hall–Kier alpha value is -1.59. The first-order valence-electron chi connectivity index (χ1n) is 5.48. The molecule has 0 aliphatic rings. The highest BCUT2D eigenvalue weighted by atomic mass is 16.5. The lowest BCUT2D eigenvalue weighted by molar-refractivity contribution is 0.134. The minimum absolute atomic E-state index is 0.457. The first-order chi connectivity index (χ1) is 8.06. The fourth-order valence-corrected chi connectivity index (χ4v) is 1.68. The molecule has 0 aliphatic heterocycles. The van der Waals surface area contributed by atoms with Crippen molar-refractivity contribution in [1.82, 2.24) is 5.16 Å². The van der Waals surface area contributed by atoms with Crippen molar-refractivity contribution in [3.8, 4) is 0 Å². The molecule has 17 heavy (non-hydrogen) atoms. The predicted molar refractivity (Wildman–Crippen MR) is 61.3 cm³/mol. The van der Waals surface area contributed by atoms with Crippen LogP contribution in [0, 0.1) is 13.8 Å². The van der Waals surface area contributed by atoms with Crippen LogP contribution in [0.4, 0.5) is 0 Å². The van der Waals surface area contributed by atoms with E-state index in [0.717, 1.165) is 11.5 Å². The lowest BCUT2D eigenvalue weighted by Gasteiger charge is -2.14. The second-order valence-electron chi connectivity index (χ2n) is 4.19. The van der Waals surface area contributed by atoms with Crippen molar-refractivity contribution in [2.75, 3.05) is 0 Å². The molecule has 0 saturated heterocycles. The maximum absolute atomic E-state index is 9.98. The molecular formula is C12H16N2O3. The van der Waals surface area contributed by atoms with Gasteiger partial charge in [-0.2, -0.15) is 0 Å². The van der Waals surface area contributed by atoms with Gasteiger partial charge in [0.2, 0.25) is 0 Å². The standard InChI is InChI=1S/C12H16N2O3/c1-7-3-4-9(16-7)6-10(13)12(15)11-5-8(2)17-14-11/h3-5,10,12,15H,6,13H2,1-2H3. The van der Waals surface area contributed by atoms with Crippen molar-refractivity contribution in [1.29, 1.82) is 0 Å². The highest BCUT2D eigenvalue weighted by molar-refractivity contribution is 5.12. The van der Waals surface area contributed by atoms with Gasteiger partial charge in [-0.1, -0.05) is 5.16 Å². The molecule has 2 rings (SSSR count). The number of furan rings is 1. The SMILES string of the molecule is Cc1cc(C(O)C(N)Cc2ccc(C)o2)no1. The van der Waals surface area contributed by atoms with E-state index in [2.05, 4.69) is 5.16 Å². The third-order valence-electron chi connectivity index (χ3n) is 2.59. The van der Waals surface area contributed by atoms with E-state index in [1.165, 1.54) is 0 Å². The molecule has 2 aromatic heterocycles. The molecule has 0 bridgehead atoms. The number of aliphatic hydroxyl groups excluding tert-OH is 1. The Balaban J connectivity index is 2.02. The van der Waals surface area contributed by atoms with Gasteiger partial charge in [-0.25, -0.2) is 0 Å². The smallest absolute Gasteiger partial charge is 0.134 e. The van der Waals surface area contributed by atoms with Crippen LogP contribution in [0.5, 0.6) is 0 Å². The number of hydrogen-bond donors (Lipinski definition) is 2. The van der Waals surface area contributed by atoms with Crippen molar-refractivity contribution in [3.63, 3.8) is 0 Å². The molecule has 2 atom stereocenters. The first-order valence-corrected chi connectivity index (χ1v) is 5.48. The minimum Gasteiger partial charge on any atom is -0.466 e. The Bertz CT molecular complexity index is 489. The summed E-state index contributed by atoms with van der Waals surface area (Å²) in [5.41, 5.74) is 6.36. The summed E-state index contributed by atoms with van der Waals surface area (Å²) >= 11 is 0. The molecule has 0 amide bonds. The first kappa shape index (κ1) is 11.9. The number of aryl methyl sites for hydroxylation is 2. The number of nitrogens with zero attached hydrogens (tertiary/aromatic N) is 1. The largest absolute Gasteiger partial charge is 0.466 e. The molecule has 92 valence electrons. The van der Waals surface area contributed by atoms with E-state index in [-0.39, 0.29) is 0 Å². The van der Waals surface area contributed by atoms with Gasteiger partial charge < -0.3 is 19.8 Å². The van der Waals surface area contributed by atoms with E-state index in [4.69, 9.17) is 14.7 Å². The molecular weight excluding hydrogens is 220 g/mol. The molecule has 2 unspecified atom stereocenters. The molecule has 0 aromatic carbocycles. The molecule has 2 aromatic rings. The van der Waals surface area contributed by atoms with Gasteiger partial charge in [0.05, 0.1) is 0 Å². The number of aliphatic hydroxyl groups is 1. The maximum atomic E-state index is 9.98. The molecule has 0 aliphatic carbocycles. The van der Waals surface area contributed by atoms with E-state index >= 15 is 0 Å². The molecule has 3 N–H and O–H groups in total. The summed E-state index contributed by atoms with van der Waals surface area (Å²) in [6.45, 7) is 3.64. The van der Waals surface area contributed by atoms with Gasteiger partial charge in [-0.3, -0.25) is 0 Å². The van der Waals surface area contributed by atoms with Gasteiger partial charge >= 0.3 is 0 Å². The molecule has 0 fully saturated rings. The van der Waals surface area contributed by atoms with E-state index in [1.54, 1.807) is 13.0 Å². The number of rotatable bonds is 4. The summed E-state index contributed by atoms with van der Waals surface area (Å²) in [5, 5.41) is 13.7. The van der Waals surface area contributed by atoms with Crippen molar-refractivity contribution >= 4 is 0 Å². The van der Waals surface area contributed by atoms with Crippen molar-refractivity contribution in [3.05, 3.63) is 41.2 Å². The second-order valence-corrected chi connectivity index (χ2v) is 4.19. The highest BCUT2D eigenvalue weighted by Crippen LogP contribution is 2.19. The third-order valence-corrected chi connectivity index (χ3v) is 2.59. The topological polar surface area (TPSA) is 85.4 Å². The van der Waals surface area contributed by atoms with Gasteiger partial charge in [0.15, 0.2) is 0 Å². The summed E-state index contributed by atoms with van der Waals surface area (Å²) in [5.74, 6) is 2.24. The summed E-state index contributed by atoms with van der Waals surface area (Å²) < 4.78 is 10.3. The van der Waals surface area contributed by atoms with Crippen LogP contribution < -0.4 is 5.73 Å². The number of aromatic nitrogens is 1. The van der Waals surface area contributed by atoms with Gasteiger partial charge in [-0.15, -0.1) is 0 Å². The zero-order valence-corrected chi connectivity index (χ0v) is 9.88. The number of hydrogen-bond acceptors (Lipinski definition) is 5. The van der Waals surface area contributed by atoms with Gasteiger partial charge in [0.25, 0.3) is 0 Å². The Kier molecular flexibility index (Phi) is 3.31. The summed E-state index contributed by atoms with van der Waals surface area (Å²) in [7, 11) is 0.